The average molecular weight is 360 g/mol. The summed E-state index contributed by atoms with van der Waals surface area (Å²) < 4.78 is 36.4. The van der Waals surface area contributed by atoms with Crippen molar-refractivity contribution in [2.24, 2.45) is 0 Å². The van der Waals surface area contributed by atoms with Crippen LogP contribution >= 0.6 is 11.6 Å². The molecule has 4 nitrogen and oxygen atoms in total. The first-order chi connectivity index (χ1) is 11.5. The van der Waals surface area contributed by atoms with Crippen LogP contribution in [0.15, 0.2) is 24.3 Å². The summed E-state index contributed by atoms with van der Waals surface area (Å²) in [7, 11) is 0. The Morgan fingerprint density at radius 2 is 1.88 bits per heavy atom. The van der Waals surface area contributed by atoms with Gasteiger partial charge in [0.1, 0.15) is 6.10 Å². The molecule has 0 saturated carbocycles. The molecule has 1 unspecified atom stereocenters. The van der Waals surface area contributed by atoms with Gasteiger partial charge in [-0.2, -0.15) is 0 Å². The van der Waals surface area contributed by atoms with Gasteiger partial charge in [0.15, 0.2) is 0 Å². The molecular formula is C17H20ClF2NO3. The molecule has 3 rings (SSSR count). The number of morpholine rings is 1. The molecule has 2 saturated heterocycles. The number of carbonyl (C=O) groups is 1. The fraction of sp³-hybridized carbons (Fsp3) is 0.588. The number of ether oxygens (including phenoxy) is 2. The van der Waals surface area contributed by atoms with Crippen molar-refractivity contribution in [2.75, 3.05) is 32.9 Å². The Hall–Kier alpha value is -1.24. The van der Waals surface area contributed by atoms with Gasteiger partial charge in [-0.15, -0.1) is 0 Å². The Morgan fingerprint density at radius 1 is 1.21 bits per heavy atom. The van der Waals surface area contributed by atoms with E-state index in [1.165, 1.54) is 4.90 Å². The molecule has 1 aromatic carbocycles. The van der Waals surface area contributed by atoms with E-state index in [1.807, 2.05) is 12.1 Å². The molecule has 2 aliphatic rings. The van der Waals surface area contributed by atoms with Crippen LogP contribution in [0.3, 0.4) is 0 Å². The lowest BCUT2D eigenvalue weighted by Gasteiger charge is -2.42. The third-order valence-electron chi connectivity index (χ3n) is 4.81. The molecule has 24 heavy (non-hydrogen) atoms. The zero-order valence-electron chi connectivity index (χ0n) is 13.2. The van der Waals surface area contributed by atoms with Crippen molar-refractivity contribution in [3.63, 3.8) is 0 Å². The van der Waals surface area contributed by atoms with E-state index < -0.39 is 17.9 Å². The van der Waals surface area contributed by atoms with Gasteiger partial charge >= 0.3 is 0 Å². The van der Waals surface area contributed by atoms with Crippen LogP contribution in [0.4, 0.5) is 8.78 Å². The first-order valence-corrected chi connectivity index (χ1v) is 8.44. The van der Waals surface area contributed by atoms with Crippen molar-refractivity contribution < 1.29 is 23.0 Å². The molecule has 1 amide bonds. The van der Waals surface area contributed by atoms with Gasteiger partial charge < -0.3 is 14.4 Å². The van der Waals surface area contributed by atoms with Crippen LogP contribution in [0.1, 0.15) is 18.4 Å². The second-order valence-electron chi connectivity index (χ2n) is 6.20. The summed E-state index contributed by atoms with van der Waals surface area (Å²) in [6.07, 6.45) is -2.75. The van der Waals surface area contributed by atoms with E-state index in [4.69, 9.17) is 21.1 Å². The maximum atomic E-state index is 13.3. The van der Waals surface area contributed by atoms with E-state index in [9.17, 15) is 13.6 Å². The minimum atomic E-state index is -2.60. The van der Waals surface area contributed by atoms with Crippen LogP contribution in [0.2, 0.25) is 5.02 Å². The molecule has 0 radical (unpaired) electrons. The molecule has 2 fully saturated rings. The Labute approximate surface area is 144 Å². The summed E-state index contributed by atoms with van der Waals surface area (Å²) in [6, 6.07) is 7.19. The molecule has 1 atom stereocenters. The molecule has 0 aliphatic carbocycles. The van der Waals surface area contributed by atoms with Crippen molar-refractivity contribution in [3.05, 3.63) is 34.9 Å². The highest BCUT2D eigenvalue weighted by atomic mass is 35.5. The van der Waals surface area contributed by atoms with Gasteiger partial charge in [-0.25, -0.2) is 8.78 Å². The second-order valence-corrected chi connectivity index (χ2v) is 6.63. The number of rotatable bonds is 3. The summed E-state index contributed by atoms with van der Waals surface area (Å²) in [5, 5.41) is 0.595. The van der Waals surface area contributed by atoms with E-state index in [2.05, 4.69) is 0 Å². The SMILES string of the molecule is O=C(N1CCOC(C(F)F)C1)C1(c2ccc(Cl)cc2)CCOCC1. The lowest BCUT2D eigenvalue weighted by Crippen LogP contribution is -2.55. The number of halogens is 3. The Bertz CT molecular complexity index is 576. The third-order valence-corrected chi connectivity index (χ3v) is 5.07. The van der Waals surface area contributed by atoms with Gasteiger partial charge in [-0.05, 0) is 30.5 Å². The van der Waals surface area contributed by atoms with E-state index in [0.29, 0.717) is 37.6 Å². The van der Waals surface area contributed by atoms with Gasteiger partial charge in [0, 0.05) is 24.8 Å². The number of hydrogen-bond donors (Lipinski definition) is 0. The Kier molecular flexibility index (Phi) is 5.37. The number of nitrogens with zero attached hydrogens (tertiary/aromatic N) is 1. The molecule has 0 spiro atoms. The number of hydrogen-bond acceptors (Lipinski definition) is 3. The number of benzene rings is 1. The zero-order valence-corrected chi connectivity index (χ0v) is 14.0. The quantitative estimate of drug-likeness (QED) is 0.833. The standard InChI is InChI=1S/C17H20ClF2NO3/c18-13-3-1-12(2-4-13)17(5-8-23-9-6-17)16(22)21-7-10-24-14(11-21)15(19)20/h1-4,14-15H,5-11H2. The van der Waals surface area contributed by atoms with E-state index >= 15 is 0 Å². The molecule has 132 valence electrons. The van der Waals surface area contributed by atoms with Crippen molar-refractivity contribution in [1.29, 1.82) is 0 Å². The maximum absolute atomic E-state index is 13.3. The molecule has 0 bridgehead atoms. The summed E-state index contributed by atoms with van der Waals surface area (Å²) in [6.45, 7) is 1.33. The van der Waals surface area contributed by atoms with Crippen molar-refractivity contribution in [2.45, 2.75) is 30.8 Å². The first-order valence-electron chi connectivity index (χ1n) is 8.06. The Morgan fingerprint density at radius 3 is 2.50 bits per heavy atom. The number of alkyl halides is 2. The fourth-order valence-electron chi connectivity index (χ4n) is 3.43. The van der Waals surface area contributed by atoms with Gasteiger partial charge in [-0.1, -0.05) is 23.7 Å². The van der Waals surface area contributed by atoms with E-state index in [1.54, 1.807) is 12.1 Å². The normalized spacial score (nSPS) is 24.2. The lowest BCUT2D eigenvalue weighted by molar-refractivity contribution is -0.155. The van der Waals surface area contributed by atoms with Gasteiger partial charge in [-0.3, -0.25) is 4.79 Å². The fourth-order valence-corrected chi connectivity index (χ4v) is 3.56. The molecule has 2 heterocycles. The predicted molar refractivity (Wildman–Crippen MR) is 85.5 cm³/mol. The molecule has 7 heteroatoms. The van der Waals surface area contributed by atoms with Gasteiger partial charge in [0.25, 0.3) is 6.43 Å². The highest BCUT2D eigenvalue weighted by Crippen LogP contribution is 2.38. The highest BCUT2D eigenvalue weighted by Gasteiger charge is 2.45. The third kappa shape index (κ3) is 3.41. The topological polar surface area (TPSA) is 38.8 Å². The number of carbonyl (C=O) groups excluding carboxylic acids is 1. The Balaban J connectivity index is 1.88. The zero-order chi connectivity index (χ0) is 17.2. The minimum absolute atomic E-state index is 0.0767. The molecule has 2 aliphatic heterocycles. The summed E-state index contributed by atoms with van der Waals surface area (Å²) in [4.78, 5) is 14.8. The van der Waals surface area contributed by atoms with E-state index in [0.717, 1.165) is 5.56 Å². The molecule has 1 aromatic rings. The van der Waals surface area contributed by atoms with Crippen LogP contribution in [-0.4, -0.2) is 56.2 Å². The number of amides is 1. The molecule has 0 N–H and O–H groups in total. The monoisotopic (exact) mass is 359 g/mol. The first kappa shape index (κ1) is 17.6. The van der Waals surface area contributed by atoms with Crippen LogP contribution in [0.25, 0.3) is 0 Å². The predicted octanol–water partition coefficient (Wildman–Crippen LogP) is 2.88. The van der Waals surface area contributed by atoms with E-state index in [-0.39, 0.29) is 19.1 Å². The van der Waals surface area contributed by atoms with Crippen LogP contribution in [0, 0.1) is 0 Å². The van der Waals surface area contributed by atoms with Crippen molar-refractivity contribution >= 4 is 17.5 Å². The van der Waals surface area contributed by atoms with Crippen molar-refractivity contribution in [1.82, 2.24) is 4.90 Å². The van der Waals surface area contributed by atoms with Gasteiger partial charge in [0.05, 0.1) is 18.6 Å². The summed E-state index contributed by atoms with van der Waals surface area (Å²) in [5.41, 5.74) is 0.118. The van der Waals surface area contributed by atoms with Crippen LogP contribution < -0.4 is 0 Å². The van der Waals surface area contributed by atoms with Crippen molar-refractivity contribution in [3.8, 4) is 0 Å². The van der Waals surface area contributed by atoms with Crippen LogP contribution in [-0.2, 0) is 19.7 Å². The summed E-state index contributed by atoms with van der Waals surface area (Å²) in [5.74, 6) is -0.123. The second kappa shape index (κ2) is 7.33. The highest BCUT2D eigenvalue weighted by molar-refractivity contribution is 6.30. The maximum Gasteiger partial charge on any atom is 0.266 e. The average Bonchev–Trinajstić information content (AvgIpc) is 2.62. The van der Waals surface area contributed by atoms with Crippen LogP contribution in [0.5, 0.6) is 0 Å². The lowest BCUT2D eigenvalue weighted by atomic mass is 9.73. The summed E-state index contributed by atoms with van der Waals surface area (Å²) >= 11 is 5.96. The largest absolute Gasteiger partial charge is 0.381 e. The molecular weight excluding hydrogens is 340 g/mol. The minimum Gasteiger partial charge on any atom is -0.381 e. The van der Waals surface area contributed by atoms with Gasteiger partial charge in [0.2, 0.25) is 5.91 Å². The molecule has 0 aromatic heterocycles. The smallest absolute Gasteiger partial charge is 0.266 e.